The third-order valence-corrected chi connectivity index (χ3v) is 3.67. The van der Waals surface area contributed by atoms with Gasteiger partial charge < -0.3 is 10.2 Å². The van der Waals surface area contributed by atoms with E-state index >= 15 is 0 Å². The molecule has 0 amide bonds. The van der Waals surface area contributed by atoms with Crippen molar-refractivity contribution in [1.29, 1.82) is 0 Å². The van der Waals surface area contributed by atoms with E-state index in [-0.39, 0.29) is 8.80 Å². The molecule has 0 heterocycles. The molecule has 0 unspecified atom stereocenters. The molecule has 0 aromatic heterocycles. The van der Waals surface area contributed by atoms with Crippen molar-refractivity contribution in [2.75, 3.05) is 0 Å². The highest BCUT2D eigenvalue weighted by atomic mass is 28.3. The van der Waals surface area contributed by atoms with Crippen molar-refractivity contribution in [3.8, 4) is 0 Å². The standard InChI is InChI=1S/C8H10Si2/c1-10(2)8-6-4-3-5-7(8)9/h3-6H,1-2H3/q-2. The summed E-state index contributed by atoms with van der Waals surface area (Å²) >= 11 is 0. The van der Waals surface area contributed by atoms with Crippen LogP contribution in [0.4, 0.5) is 0 Å². The zero-order valence-electron chi connectivity index (χ0n) is 6.31. The average Bonchev–Trinajstić information content (AvgIpc) is 1.88. The molecule has 0 aliphatic rings. The van der Waals surface area contributed by atoms with Crippen molar-refractivity contribution >= 4 is 29.4 Å². The Morgan fingerprint density at radius 2 is 1.80 bits per heavy atom. The number of benzene rings is 1. The fraction of sp³-hybridized carbons (Fsp3) is 0.250. The van der Waals surface area contributed by atoms with Gasteiger partial charge in [0.1, 0.15) is 0 Å². The Bertz CT molecular complexity index is 218. The zero-order valence-corrected chi connectivity index (χ0v) is 8.31. The smallest absolute Gasteiger partial charge is 0.0651 e. The highest BCUT2D eigenvalue weighted by Gasteiger charge is 1.80. The quantitative estimate of drug-likeness (QED) is 0.526. The van der Waals surface area contributed by atoms with Crippen molar-refractivity contribution in [3.05, 3.63) is 24.3 Å². The molecule has 0 saturated carbocycles. The summed E-state index contributed by atoms with van der Waals surface area (Å²) in [5.74, 6) is 0. The molecule has 1 aromatic rings. The van der Waals surface area contributed by atoms with Crippen LogP contribution < -0.4 is 10.4 Å². The minimum absolute atomic E-state index is 0.291. The van der Waals surface area contributed by atoms with Gasteiger partial charge in [-0.1, -0.05) is 18.2 Å². The lowest BCUT2D eigenvalue weighted by Crippen LogP contribution is -2.36. The molecule has 10 heavy (non-hydrogen) atoms. The number of hydrogen-bond donors (Lipinski definition) is 0. The molecule has 0 bridgehead atoms. The summed E-state index contributed by atoms with van der Waals surface area (Å²) in [7, 11) is 3.28. The topological polar surface area (TPSA) is 0 Å². The molecule has 52 valence electrons. The van der Waals surface area contributed by atoms with Gasteiger partial charge in [0.2, 0.25) is 0 Å². The Morgan fingerprint density at radius 1 is 1.20 bits per heavy atom. The first-order valence-electron chi connectivity index (χ1n) is 3.33. The SMILES string of the molecule is C[Si-](C)c1ccccc1[Si-]. The molecule has 0 spiro atoms. The van der Waals surface area contributed by atoms with Crippen LogP contribution in [-0.4, -0.2) is 19.0 Å². The number of rotatable bonds is 1. The summed E-state index contributed by atoms with van der Waals surface area (Å²) in [5, 5.41) is 2.73. The van der Waals surface area contributed by atoms with E-state index in [1.54, 1.807) is 0 Å². The van der Waals surface area contributed by atoms with E-state index in [0.29, 0.717) is 0 Å². The van der Waals surface area contributed by atoms with Crippen molar-refractivity contribution < 1.29 is 0 Å². The van der Waals surface area contributed by atoms with Crippen molar-refractivity contribution in [2.45, 2.75) is 13.1 Å². The van der Waals surface area contributed by atoms with E-state index in [1.807, 2.05) is 0 Å². The predicted molar refractivity (Wildman–Crippen MR) is 48.9 cm³/mol. The number of hydrogen-bond acceptors (Lipinski definition) is 0. The van der Waals surface area contributed by atoms with Crippen LogP contribution in [0.2, 0.25) is 13.1 Å². The highest BCUT2D eigenvalue weighted by Crippen LogP contribution is 1.83. The molecular formula is C8H10Si2-2. The maximum atomic E-state index is 3.57. The van der Waals surface area contributed by atoms with E-state index in [9.17, 15) is 0 Å². The molecular weight excluding hydrogens is 152 g/mol. The summed E-state index contributed by atoms with van der Waals surface area (Å²) in [6, 6.07) is 8.44. The van der Waals surface area contributed by atoms with Crippen LogP contribution in [0.3, 0.4) is 0 Å². The minimum Gasteiger partial charge on any atom is -0.655 e. The first-order chi connectivity index (χ1) is 4.72. The average molecular weight is 162 g/mol. The van der Waals surface area contributed by atoms with Gasteiger partial charge >= 0.3 is 0 Å². The largest absolute Gasteiger partial charge is 0.655 e. The molecule has 1 aromatic carbocycles. The van der Waals surface area contributed by atoms with Crippen LogP contribution >= 0.6 is 0 Å². The van der Waals surface area contributed by atoms with Gasteiger partial charge in [0, 0.05) is 0 Å². The minimum atomic E-state index is -0.291. The first kappa shape index (κ1) is 7.76. The predicted octanol–water partition coefficient (Wildman–Crippen LogP) is 0.442. The Balaban J connectivity index is 3.03. The lowest BCUT2D eigenvalue weighted by atomic mass is 10.4. The summed E-state index contributed by atoms with van der Waals surface area (Å²) in [4.78, 5) is 0. The Morgan fingerprint density at radius 3 is 2.20 bits per heavy atom. The van der Waals surface area contributed by atoms with Gasteiger partial charge in [-0.05, 0) is 0 Å². The Kier molecular flexibility index (Phi) is 2.46. The van der Waals surface area contributed by atoms with Crippen LogP contribution in [0.1, 0.15) is 0 Å². The van der Waals surface area contributed by atoms with Gasteiger partial charge in [0.05, 0.1) is 0 Å². The van der Waals surface area contributed by atoms with Gasteiger partial charge in [0.15, 0.2) is 0 Å². The third-order valence-electron chi connectivity index (χ3n) is 1.47. The monoisotopic (exact) mass is 162 g/mol. The van der Waals surface area contributed by atoms with E-state index in [0.717, 1.165) is 0 Å². The lowest BCUT2D eigenvalue weighted by Gasteiger charge is -2.28. The second-order valence-corrected chi connectivity index (χ2v) is 5.62. The first-order valence-corrected chi connectivity index (χ1v) is 6.33. The summed E-state index contributed by atoms with van der Waals surface area (Å²) in [6.45, 7) is 4.59. The summed E-state index contributed by atoms with van der Waals surface area (Å²) < 4.78 is 0. The van der Waals surface area contributed by atoms with Crippen molar-refractivity contribution in [3.63, 3.8) is 0 Å². The Labute approximate surface area is 67.3 Å². The normalized spacial score (nSPS) is 9.40. The molecule has 1 rings (SSSR count). The van der Waals surface area contributed by atoms with E-state index in [1.165, 1.54) is 10.4 Å². The van der Waals surface area contributed by atoms with Gasteiger partial charge in [0.25, 0.3) is 0 Å². The van der Waals surface area contributed by atoms with Crippen molar-refractivity contribution in [1.82, 2.24) is 0 Å². The molecule has 0 fully saturated rings. The molecule has 0 atom stereocenters. The van der Waals surface area contributed by atoms with Crippen LogP contribution in [-0.2, 0) is 0 Å². The van der Waals surface area contributed by atoms with E-state index in [2.05, 4.69) is 47.6 Å². The van der Waals surface area contributed by atoms with Crippen LogP contribution in [0.15, 0.2) is 24.3 Å². The molecule has 2 heteroatoms. The van der Waals surface area contributed by atoms with Crippen LogP contribution in [0, 0.1) is 0 Å². The van der Waals surface area contributed by atoms with Crippen molar-refractivity contribution in [2.24, 2.45) is 0 Å². The Hall–Kier alpha value is -0.346. The van der Waals surface area contributed by atoms with E-state index < -0.39 is 0 Å². The van der Waals surface area contributed by atoms with Gasteiger partial charge in [-0.3, -0.25) is 14.0 Å². The van der Waals surface area contributed by atoms with Crippen LogP contribution in [0.5, 0.6) is 0 Å². The fourth-order valence-corrected chi connectivity index (χ4v) is 2.90. The molecule has 0 nitrogen and oxygen atoms in total. The van der Waals surface area contributed by atoms with Gasteiger partial charge in [-0.25, -0.2) is 5.19 Å². The van der Waals surface area contributed by atoms with Gasteiger partial charge in [-0.2, -0.15) is 13.1 Å². The molecule has 0 saturated heterocycles. The molecule has 2 radical (unpaired) electrons. The maximum Gasteiger partial charge on any atom is -0.0651 e. The van der Waals surface area contributed by atoms with Crippen LogP contribution in [0.25, 0.3) is 0 Å². The zero-order chi connectivity index (χ0) is 7.56. The second-order valence-electron chi connectivity index (χ2n) is 2.55. The molecule has 0 aliphatic carbocycles. The maximum absolute atomic E-state index is 3.57. The van der Waals surface area contributed by atoms with Gasteiger partial charge in [-0.15, -0.1) is 6.07 Å². The summed E-state index contributed by atoms with van der Waals surface area (Å²) in [6.07, 6.45) is 0. The molecule has 0 N–H and O–H groups in total. The third kappa shape index (κ3) is 1.58. The highest BCUT2D eigenvalue weighted by molar-refractivity contribution is 6.74. The lowest BCUT2D eigenvalue weighted by molar-refractivity contribution is 1.79. The second kappa shape index (κ2) is 3.17. The molecule has 0 aliphatic heterocycles. The summed E-state index contributed by atoms with van der Waals surface area (Å²) in [5.41, 5.74) is 0. The van der Waals surface area contributed by atoms with E-state index in [4.69, 9.17) is 0 Å². The fourth-order valence-electron chi connectivity index (χ4n) is 0.919.